The molecule has 1 saturated carbocycles. The maximum atomic E-state index is 13.9. The van der Waals surface area contributed by atoms with Gasteiger partial charge in [0.1, 0.15) is 5.56 Å². The average Bonchev–Trinajstić information content (AvgIpc) is 3.27. The third-order valence-electron chi connectivity index (χ3n) is 6.74. The molecule has 7 nitrogen and oxygen atoms in total. The fourth-order valence-corrected chi connectivity index (χ4v) is 5.18. The average molecular weight is 553 g/mol. The van der Waals surface area contributed by atoms with Crippen LogP contribution >= 0.6 is 27.5 Å². The van der Waals surface area contributed by atoms with Gasteiger partial charge in [-0.15, -0.1) is 5.10 Å². The number of aromatic nitrogens is 2. The second kappa shape index (κ2) is 11.2. The molecule has 0 spiro atoms. The minimum Gasteiger partial charge on any atom is -0.462 e. The summed E-state index contributed by atoms with van der Waals surface area (Å²) in [5.41, 5.74) is 0.973. The molecule has 34 heavy (non-hydrogen) atoms. The Morgan fingerprint density at radius 3 is 2.56 bits per heavy atom. The molecule has 0 N–H and O–H groups in total. The van der Waals surface area contributed by atoms with Crippen LogP contribution in [0.25, 0.3) is 5.69 Å². The van der Waals surface area contributed by atoms with E-state index in [1.807, 2.05) is 12.1 Å². The quantitative estimate of drug-likeness (QED) is 0.423. The predicted octanol–water partition coefficient (Wildman–Crippen LogP) is 5.80. The maximum absolute atomic E-state index is 13.9. The van der Waals surface area contributed by atoms with Crippen LogP contribution in [-0.2, 0) is 14.3 Å². The standard InChI is InChI=1S/C25H31BrClN3O4/c1-3-34-25(32)20-15-29(19-8-9-21(26)22(27)14-19)28-23(20)30(18-10-12-33-13-11-18)24(31)17-6-4-16(2)5-7-17/h8-9,14-18H,3-7,10-13H2,1-2H3. The Balaban J connectivity index is 1.77. The molecule has 2 aromatic rings. The summed E-state index contributed by atoms with van der Waals surface area (Å²) >= 11 is 9.72. The van der Waals surface area contributed by atoms with Crippen molar-refractivity contribution in [2.75, 3.05) is 24.7 Å². The second-order valence-electron chi connectivity index (χ2n) is 9.14. The molecule has 2 fully saturated rings. The van der Waals surface area contributed by atoms with Crippen LogP contribution in [0.15, 0.2) is 28.9 Å². The number of carbonyl (C=O) groups is 2. The van der Waals surface area contributed by atoms with E-state index in [1.165, 1.54) is 0 Å². The van der Waals surface area contributed by atoms with Gasteiger partial charge in [-0.2, -0.15) is 0 Å². The Morgan fingerprint density at radius 1 is 1.21 bits per heavy atom. The SMILES string of the molecule is CCOC(=O)c1cn(-c2ccc(Br)c(Cl)c2)nc1N(C(=O)C1CCC(C)CC1)C1CCOCC1. The number of hydrogen-bond donors (Lipinski definition) is 0. The largest absolute Gasteiger partial charge is 0.462 e. The van der Waals surface area contributed by atoms with Crippen molar-refractivity contribution in [3.05, 3.63) is 39.5 Å². The first-order valence-corrected chi connectivity index (χ1v) is 13.2. The molecule has 184 valence electrons. The summed E-state index contributed by atoms with van der Waals surface area (Å²) < 4.78 is 13.3. The van der Waals surface area contributed by atoms with E-state index in [1.54, 1.807) is 28.8 Å². The molecule has 9 heteroatoms. The molecule has 1 aliphatic carbocycles. The smallest absolute Gasteiger partial charge is 0.343 e. The first-order chi connectivity index (χ1) is 16.4. The van der Waals surface area contributed by atoms with E-state index >= 15 is 0 Å². The molecule has 0 unspecified atom stereocenters. The lowest BCUT2D eigenvalue weighted by Crippen LogP contribution is -2.47. The Morgan fingerprint density at radius 2 is 1.91 bits per heavy atom. The van der Waals surface area contributed by atoms with Gasteiger partial charge in [-0.25, -0.2) is 9.48 Å². The highest BCUT2D eigenvalue weighted by Gasteiger charge is 2.37. The summed E-state index contributed by atoms with van der Waals surface area (Å²) in [5, 5.41) is 5.30. The number of halogens is 2. The summed E-state index contributed by atoms with van der Waals surface area (Å²) in [4.78, 5) is 28.7. The first-order valence-electron chi connectivity index (χ1n) is 12.0. The predicted molar refractivity (Wildman–Crippen MR) is 135 cm³/mol. The van der Waals surface area contributed by atoms with Crippen molar-refractivity contribution >= 4 is 45.2 Å². The van der Waals surface area contributed by atoms with Crippen molar-refractivity contribution in [1.82, 2.24) is 9.78 Å². The van der Waals surface area contributed by atoms with Gasteiger partial charge < -0.3 is 9.47 Å². The molecule has 4 rings (SSSR count). The number of amides is 1. The second-order valence-corrected chi connectivity index (χ2v) is 10.4. The van der Waals surface area contributed by atoms with Crippen LogP contribution in [0.4, 0.5) is 5.82 Å². The number of benzene rings is 1. The lowest BCUT2D eigenvalue weighted by atomic mass is 9.82. The van der Waals surface area contributed by atoms with Gasteiger partial charge >= 0.3 is 5.97 Å². The third kappa shape index (κ3) is 5.50. The number of rotatable bonds is 6. The van der Waals surface area contributed by atoms with E-state index in [0.29, 0.717) is 48.5 Å². The molecule has 1 aromatic carbocycles. The van der Waals surface area contributed by atoms with E-state index in [2.05, 4.69) is 22.9 Å². The topological polar surface area (TPSA) is 73.7 Å². The van der Waals surface area contributed by atoms with Crippen LogP contribution in [0.5, 0.6) is 0 Å². The fraction of sp³-hybridized carbons (Fsp3) is 0.560. The van der Waals surface area contributed by atoms with Crippen molar-refractivity contribution < 1.29 is 19.1 Å². The normalized spacial score (nSPS) is 21.3. The molecule has 0 atom stereocenters. The molecular weight excluding hydrogens is 522 g/mol. The van der Waals surface area contributed by atoms with Crippen LogP contribution < -0.4 is 4.90 Å². The Bertz CT molecular complexity index is 1030. The molecule has 1 aliphatic heterocycles. The number of carbonyl (C=O) groups excluding carboxylic acids is 2. The third-order valence-corrected chi connectivity index (χ3v) is 7.98. The Hall–Kier alpha value is -1.90. The lowest BCUT2D eigenvalue weighted by Gasteiger charge is -2.37. The van der Waals surface area contributed by atoms with Gasteiger partial charge in [0, 0.05) is 35.8 Å². The van der Waals surface area contributed by atoms with Crippen molar-refractivity contribution in [2.24, 2.45) is 11.8 Å². The maximum Gasteiger partial charge on any atom is 0.343 e. The van der Waals surface area contributed by atoms with Gasteiger partial charge in [0.25, 0.3) is 0 Å². The summed E-state index contributed by atoms with van der Waals surface area (Å²) in [7, 11) is 0. The number of nitrogens with zero attached hydrogens (tertiary/aromatic N) is 3. The van der Waals surface area contributed by atoms with E-state index in [9.17, 15) is 9.59 Å². The highest BCUT2D eigenvalue weighted by Crippen LogP contribution is 2.35. The Labute approximate surface area is 213 Å². The van der Waals surface area contributed by atoms with Crippen molar-refractivity contribution in [2.45, 2.75) is 58.4 Å². The first kappa shape index (κ1) is 25.2. The zero-order valence-corrected chi connectivity index (χ0v) is 22.0. The van der Waals surface area contributed by atoms with Gasteiger partial charge in [-0.3, -0.25) is 9.69 Å². The molecule has 2 aliphatic rings. The summed E-state index contributed by atoms with van der Waals surface area (Å²) in [6.07, 6.45) is 6.83. The number of esters is 1. The molecular formula is C25H31BrClN3O4. The van der Waals surface area contributed by atoms with Crippen molar-refractivity contribution in [1.29, 1.82) is 0 Å². The van der Waals surface area contributed by atoms with Crippen LogP contribution in [0, 0.1) is 11.8 Å². The highest BCUT2D eigenvalue weighted by molar-refractivity contribution is 9.10. The molecule has 1 amide bonds. The van der Waals surface area contributed by atoms with Gasteiger partial charge in [-0.05, 0) is 85.5 Å². The molecule has 1 aromatic heterocycles. The van der Waals surface area contributed by atoms with E-state index in [4.69, 9.17) is 26.2 Å². The van der Waals surface area contributed by atoms with E-state index in [-0.39, 0.29) is 30.0 Å². The van der Waals surface area contributed by atoms with Crippen LogP contribution in [-0.4, -0.2) is 47.5 Å². The van der Waals surface area contributed by atoms with E-state index < -0.39 is 5.97 Å². The minimum atomic E-state index is -0.492. The summed E-state index contributed by atoms with van der Waals surface area (Å²) in [5.74, 6) is 0.476. The van der Waals surface area contributed by atoms with E-state index in [0.717, 1.165) is 30.2 Å². The van der Waals surface area contributed by atoms with Gasteiger partial charge in [0.2, 0.25) is 5.91 Å². The fourth-order valence-electron chi connectivity index (χ4n) is 4.76. The summed E-state index contributed by atoms with van der Waals surface area (Å²) in [6, 6.07) is 5.37. The lowest BCUT2D eigenvalue weighted by molar-refractivity contribution is -0.124. The number of anilines is 1. The minimum absolute atomic E-state index is 0.0448. The monoisotopic (exact) mass is 551 g/mol. The molecule has 0 bridgehead atoms. The highest BCUT2D eigenvalue weighted by atomic mass is 79.9. The number of ether oxygens (including phenoxy) is 2. The summed E-state index contributed by atoms with van der Waals surface area (Å²) in [6.45, 7) is 5.39. The van der Waals surface area contributed by atoms with Gasteiger partial charge in [-0.1, -0.05) is 18.5 Å². The van der Waals surface area contributed by atoms with Crippen LogP contribution in [0.3, 0.4) is 0 Å². The van der Waals surface area contributed by atoms with Crippen molar-refractivity contribution in [3.63, 3.8) is 0 Å². The van der Waals surface area contributed by atoms with Gasteiger partial charge in [0.05, 0.1) is 17.3 Å². The van der Waals surface area contributed by atoms with Crippen LogP contribution in [0.1, 0.15) is 62.7 Å². The molecule has 0 radical (unpaired) electrons. The zero-order chi connectivity index (χ0) is 24.2. The molecule has 2 heterocycles. The molecule has 1 saturated heterocycles. The zero-order valence-electron chi connectivity index (χ0n) is 19.6. The van der Waals surface area contributed by atoms with Gasteiger partial charge in [0.15, 0.2) is 5.82 Å². The van der Waals surface area contributed by atoms with Crippen molar-refractivity contribution in [3.8, 4) is 5.69 Å². The Kier molecular flexibility index (Phi) is 8.32. The van der Waals surface area contributed by atoms with Crippen LogP contribution in [0.2, 0.25) is 5.02 Å². The number of hydrogen-bond acceptors (Lipinski definition) is 5.